The minimum Gasteiger partial charge on any atom is -0.508 e. The summed E-state index contributed by atoms with van der Waals surface area (Å²) in [6, 6.07) is 7.00. The van der Waals surface area contributed by atoms with Crippen LogP contribution in [0.5, 0.6) is 5.75 Å². The van der Waals surface area contributed by atoms with Crippen molar-refractivity contribution in [2.45, 2.75) is 58.9 Å². The molecule has 3 unspecified atom stereocenters. The molecule has 1 aromatic carbocycles. The first kappa shape index (κ1) is 18.8. The maximum absolute atomic E-state index is 12.5. The van der Waals surface area contributed by atoms with E-state index in [1.807, 2.05) is 12.1 Å². The molecule has 1 aliphatic carbocycles. The van der Waals surface area contributed by atoms with Gasteiger partial charge in [-0.15, -0.1) is 0 Å². The Hall–Kier alpha value is -1.55. The number of phenolic OH excluding ortho intramolecular Hbond substituents is 1. The van der Waals surface area contributed by atoms with Crippen molar-refractivity contribution in [2.75, 3.05) is 0 Å². The molecule has 4 heteroatoms. The maximum atomic E-state index is 12.5. The van der Waals surface area contributed by atoms with Crippen LogP contribution in [-0.2, 0) is 11.2 Å². The number of amides is 1. The quantitative estimate of drug-likeness (QED) is 0.747. The van der Waals surface area contributed by atoms with Gasteiger partial charge in [-0.3, -0.25) is 4.79 Å². The van der Waals surface area contributed by atoms with E-state index in [2.05, 4.69) is 20.8 Å². The molecular formula is C20H32N2O2. The zero-order chi connectivity index (χ0) is 17.9. The molecule has 4 atom stereocenters. The molecule has 0 spiro atoms. The lowest BCUT2D eigenvalue weighted by molar-refractivity contribution is -0.137. The summed E-state index contributed by atoms with van der Waals surface area (Å²) in [4.78, 5) is 12.5. The van der Waals surface area contributed by atoms with Gasteiger partial charge < -0.3 is 16.6 Å². The number of carbonyl (C=O) groups excluding carboxylic acids is 1. The van der Waals surface area contributed by atoms with E-state index in [0.717, 1.165) is 24.8 Å². The summed E-state index contributed by atoms with van der Waals surface area (Å²) < 4.78 is 0. The Kier molecular flexibility index (Phi) is 5.92. The van der Waals surface area contributed by atoms with E-state index in [-0.39, 0.29) is 17.7 Å². The largest absolute Gasteiger partial charge is 0.508 e. The van der Waals surface area contributed by atoms with Gasteiger partial charge in [-0.1, -0.05) is 39.3 Å². The summed E-state index contributed by atoms with van der Waals surface area (Å²) in [5, 5.41) is 9.40. The zero-order valence-corrected chi connectivity index (χ0v) is 15.2. The highest BCUT2D eigenvalue weighted by Crippen LogP contribution is 2.50. The lowest BCUT2D eigenvalue weighted by Gasteiger charge is -2.47. The molecule has 1 aliphatic rings. The Balaban J connectivity index is 2.18. The first-order valence-corrected chi connectivity index (χ1v) is 9.08. The van der Waals surface area contributed by atoms with Crippen molar-refractivity contribution in [3.63, 3.8) is 0 Å². The van der Waals surface area contributed by atoms with Gasteiger partial charge in [0.1, 0.15) is 5.75 Å². The van der Waals surface area contributed by atoms with Gasteiger partial charge in [-0.2, -0.15) is 0 Å². The number of phenols is 1. The molecule has 0 saturated heterocycles. The van der Waals surface area contributed by atoms with E-state index in [4.69, 9.17) is 11.5 Å². The lowest BCUT2D eigenvalue weighted by atomic mass is 9.57. The van der Waals surface area contributed by atoms with Crippen LogP contribution in [0.15, 0.2) is 24.3 Å². The van der Waals surface area contributed by atoms with E-state index >= 15 is 0 Å². The van der Waals surface area contributed by atoms with Gasteiger partial charge in [-0.05, 0) is 61.1 Å². The second-order valence-corrected chi connectivity index (χ2v) is 8.09. The summed E-state index contributed by atoms with van der Waals surface area (Å²) in [5.41, 5.74) is 12.9. The Labute approximate surface area is 145 Å². The Morgan fingerprint density at radius 3 is 2.46 bits per heavy atom. The first-order valence-electron chi connectivity index (χ1n) is 9.08. The molecule has 0 aliphatic heterocycles. The average molecular weight is 332 g/mol. The molecule has 1 aromatic rings. The van der Waals surface area contributed by atoms with Crippen LogP contribution in [0, 0.1) is 23.2 Å². The Morgan fingerprint density at radius 1 is 1.29 bits per heavy atom. The topological polar surface area (TPSA) is 89.3 Å². The van der Waals surface area contributed by atoms with Crippen LogP contribution >= 0.6 is 0 Å². The van der Waals surface area contributed by atoms with Crippen molar-refractivity contribution in [1.82, 2.24) is 0 Å². The molecule has 0 radical (unpaired) electrons. The standard InChI is InChI=1S/C20H32N2O2/c1-13(2)18-9-4-14(3)11-20(18,19(22)24)12-16(21)10-15-5-7-17(23)8-6-15/h5-8,13-14,16,18,23H,4,9-12,21H2,1-3H3,(H2,22,24)/t14?,16?,18?,20-/m0/s1. The van der Waals surface area contributed by atoms with Gasteiger partial charge in [-0.25, -0.2) is 0 Å². The summed E-state index contributed by atoms with van der Waals surface area (Å²) in [6.45, 7) is 6.58. The van der Waals surface area contributed by atoms with Gasteiger partial charge >= 0.3 is 0 Å². The molecular weight excluding hydrogens is 300 g/mol. The number of primary amides is 1. The predicted molar refractivity (Wildman–Crippen MR) is 97.4 cm³/mol. The number of hydrogen-bond acceptors (Lipinski definition) is 3. The van der Waals surface area contributed by atoms with Crippen molar-refractivity contribution in [3.8, 4) is 5.75 Å². The van der Waals surface area contributed by atoms with Crippen LogP contribution in [0.2, 0.25) is 0 Å². The predicted octanol–water partition coefficient (Wildman–Crippen LogP) is 3.22. The van der Waals surface area contributed by atoms with E-state index in [1.54, 1.807) is 12.1 Å². The summed E-state index contributed by atoms with van der Waals surface area (Å²) in [6.07, 6.45) is 4.37. The van der Waals surface area contributed by atoms with Crippen LogP contribution in [0.1, 0.15) is 52.0 Å². The molecule has 134 valence electrons. The van der Waals surface area contributed by atoms with Crippen molar-refractivity contribution in [2.24, 2.45) is 34.6 Å². The van der Waals surface area contributed by atoms with Gasteiger partial charge in [0.15, 0.2) is 0 Å². The highest BCUT2D eigenvalue weighted by atomic mass is 16.3. The minimum absolute atomic E-state index is 0.117. The number of rotatable bonds is 6. The van der Waals surface area contributed by atoms with Crippen LogP contribution in [0.25, 0.3) is 0 Å². The van der Waals surface area contributed by atoms with Gasteiger partial charge in [0.2, 0.25) is 5.91 Å². The fourth-order valence-corrected chi connectivity index (χ4v) is 4.68. The fourth-order valence-electron chi connectivity index (χ4n) is 4.68. The van der Waals surface area contributed by atoms with Crippen LogP contribution in [0.4, 0.5) is 0 Å². The molecule has 0 heterocycles. The third-order valence-electron chi connectivity index (χ3n) is 5.75. The summed E-state index contributed by atoms with van der Waals surface area (Å²) >= 11 is 0. The van der Waals surface area contributed by atoms with E-state index < -0.39 is 5.41 Å². The Morgan fingerprint density at radius 2 is 1.92 bits per heavy atom. The second kappa shape index (κ2) is 7.56. The van der Waals surface area contributed by atoms with Gasteiger partial charge in [0.25, 0.3) is 0 Å². The van der Waals surface area contributed by atoms with Gasteiger partial charge in [0.05, 0.1) is 5.41 Å². The average Bonchev–Trinajstić information content (AvgIpc) is 2.49. The summed E-state index contributed by atoms with van der Waals surface area (Å²) in [7, 11) is 0. The third kappa shape index (κ3) is 4.10. The highest BCUT2D eigenvalue weighted by Gasteiger charge is 2.49. The number of hydrogen-bond donors (Lipinski definition) is 3. The van der Waals surface area contributed by atoms with Crippen molar-refractivity contribution < 1.29 is 9.90 Å². The number of aromatic hydroxyl groups is 1. The monoisotopic (exact) mass is 332 g/mol. The van der Waals surface area contributed by atoms with Gasteiger partial charge in [0, 0.05) is 6.04 Å². The lowest BCUT2D eigenvalue weighted by Crippen LogP contribution is -2.51. The molecule has 2 rings (SSSR count). The molecule has 1 amide bonds. The normalized spacial score (nSPS) is 28.7. The smallest absolute Gasteiger partial charge is 0.223 e. The summed E-state index contributed by atoms with van der Waals surface area (Å²) in [5.74, 6) is 1.30. The zero-order valence-electron chi connectivity index (χ0n) is 15.2. The molecule has 1 saturated carbocycles. The number of nitrogens with two attached hydrogens (primary N) is 2. The molecule has 4 nitrogen and oxygen atoms in total. The van der Waals surface area contributed by atoms with Crippen LogP contribution in [-0.4, -0.2) is 17.1 Å². The first-order chi connectivity index (χ1) is 11.2. The maximum Gasteiger partial charge on any atom is 0.223 e. The van der Waals surface area contributed by atoms with Crippen molar-refractivity contribution in [3.05, 3.63) is 29.8 Å². The second-order valence-electron chi connectivity index (χ2n) is 8.09. The number of carbonyl (C=O) groups is 1. The van der Waals surface area contributed by atoms with Crippen molar-refractivity contribution in [1.29, 1.82) is 0 Å². The minimum atomic E-state index is -0.498. The fraction of sp³-hybridized carbons (Fsp3) is 0.650. The van der Waals surface area contributed by atoms with Crippen LogP contribution in [0.3, 0.4) is 0 Å². The Bertz CT molecular complexity index is 555. The number of benzene rings is 1. The van der Waals surface area contributed by atoms with E-state index in [9.17, 15) is 9.90 Å². The SMILES string of the molecule is CC1CCC(C(C)C)[C@](CC(N)Cc2ccc(O)cc2)(C(N)=O)C1. The molecule has 24 heavy (non-hydrogen) atoms. The molecule has 1 fully saturated rings. The highest BCUT2D eigenvalue weighted by molar-refractivity contribution is 5.81. The molecule has 5 N–H and O–H groups in total. The third-order valence-corrected chi connectivity index (χ3v) is 5.75. The van der Waals surface area contributed by atoms with E-state index in [0.29, 0.717) is 30.6 Å². The van der Waals surface area contributed by atoms with Crippen LogP contribution < -0.4 is 11.5 Å². The molecule has 0 aromatic heterocycles. The van der Waals surface area contributed by atoms with E-state index in [1.165, 1.54) is 0 Å². The van der Waals surface area contributed by atoms with Crippen molar-refractivity contribution >= 4 is 5.91 Å². The molecule has 0 bridgehead atoms.